The number of ketones is 1. The smallest absolute Gasteiger partial charge is 0.197 e. The van der Waals surface area contributed by atoms with E-state index in [4.69, 9.17) is 9.47 Å². The number of methoxy groups -OCH3 is 2. The number of carbonyl (C=O) groups is 1. The van der Waals surface area contributed by atoms with Crippen molar-refractivity contribution in [3.05, 3.63) is 29.6 Å². The van der Waals surface area contributed by atoms with Gasteiger partial charge in [0.1, 0.15) is 17.2 Å². The van der Waals surface area contributed by atoms with Crippen LogP contribution in [-0.4, -0.2) is 25.6 Å². The van der Waals surface area contributed by atoms with Gasteiger partial charge in [-0.2, -0.15) is 0 Å². The van der Waals surface area contributed by atoms with E-state index in [-0.39, 0.29) is 11.3 Å². The van der Waals surface area contributed by atoms with E-state index in [1.54, 1.807) is 13.8 Å². The van der Waals surface area contributed by atoms with E-state index in [0.29, 0.717) is 5.75 Å². The fourth-order valence-corrected chi connectivity index (χ4v) is 1.27. The Morgan fingerprint density at radius 1 is 1.31 bits per heavy atom. The molecule has 0 bridgehead atoms. The Labute approximate surface area is 94.2 Å². The summed E-state index contributed by atoms with van der Waals surface area (Å²) in [5, 5.41) is 0. The van der Waals surface area contributed by atoms with E-state index >= 15 is 0 Å². The predicted molar refractivity (Wildman–Crippen MR) is 58.4 cm³/mol. The van der Waals surface area contributed by atoms with E-state index in [1.165, 1.54) is 26.4 Å². The second-order valence-corrected chi connectivity index (χ2v) is 3.89. The van der Waals surface area contributed by atoms with E-state index in [9.17, 15) is 9.18 Å². The number of rotatable bonds is 4. The third kappa shape index (κ3) is 2.39. The molecule has 0 saturated heterocycles. The molecule has 0 radical (unpaired) electrons. The second kappa shape index (κ2) is 4.61. The molecule has 0 aromatic heterocycles. The number of Topliss-reactive ketones (excluding diaryl/α,β-unsaturated/α-hetero) is 1. The van der Waals surface area contributed by atoms with Gasteiger partial charge in [-0.25, -0.2) is 4.39 Å². The van der Waals surface area contributed by atoms with Gasteiger partial charge in [0.2, 0.25) is 0 Å². The molecule has 0 N–H and O–H groups in total. The first-order chi connectivity index (χ1) is 7.42. The highest BCUT2D eigenvalue weighted by Crippen LogP contribution is 2.25. The summed E-state index contributed by atoms with van der Waals surface area (Å²) < 4.78 is 23.2. The van der Waals surface area contributed by atoms with Crippen molar-refractivity contribution in [2.75, 3.05) is 14.2 Å². The Hall–Kier alpha value is -1.42. The molecule has 3 nitrogen and oxygen atoms in total. The highest BCUT2D eigenvalue weighted by molar-refractivity contribution is 6.04. The normalized spacial score (nSPS) is 11.3. The number of carbonyl (C=O) groups excluding carboxylic acids is 1. The fraction of sp³-hybridized carbons (Fsp3) is 0.417. The second-order valence-electron chi connectivity index (χ2n) is 3.89. The molecule has 16 heavy (non-hydrogen) atoms. The number of benzene rings is 1. The average Bonchev–Trinajstić information content (AvgIpc) is 2.28. The number of hydrogen-bond donors (Lipinski definition) is 0. The molecule has 4 heteroatoms. The van der Waals surface area contributed by atoms with Crippen LogP contribution in [0.25, 0.3) is 0 Å². The summed E-state index contributed by atoms with van der Waals surface area (Å²) >= 11 is 0. The Kier molecular flexibility index (Phi) is 3.65. The zero-order chi connectivity index (χ0) is 12.3. The Morgan fingerprint density at radius 3 is 2.44 bits per heavy atom. The van der Waals surface area contributed by atoms with Crippen LogP contribution in [0.5, 0.6) is 5.75 Å². The monoisotopic (exact) mass is 226 g/mol. The summed E-state index contributed by atoms with van der Waals surface area (Å²) in [6.45, 7) is 3.25. The molecular formula is C12H15FO3. The lowest BCUT2D eigenvalue weighted by atomic mass is 9.96. The van der Waals surface area contributed by atoms with Crippen molar-refractivity contribution in [2.24, 2.45) is 0 Å². The molecule has 0 aliphatic heterocycles. The maximum Gasteiger partial charge on any atom is 0.197 e. The Morgan fingerprint density at radius 2 is 1.94 bits per heavy atom. The highest BCUT2D eigenvalue weighted by Gasteiger charge is 2.30. The molecule has 0 saturated carbocycles. The predicted octanol–water partition coefficient (Wildman–Crippen LogP) is 2.44. The standard InChI is InChI=1S/C12H15FO3/c1-12(2,16-4)11(14)9-7-8(13)5-6-10(9)15-3/h5-7H,1-4H3. The number of halogens is 1. The fourth-order valence-electron chi connectivity index (χ4n) is 1.27. The van der Waals surface area contributed by atoms with Crippen LogP contribution in [0.2, 0.25) is 0 Å². The van der Waals surface area contributed by atoms with Crippen molar-refractivity contribution in [1.29, 1.82) is 0 Å². The minimum Gasteiger partial charge on any atom is -0.496 e. The van der Waals surface area contributed by atoms with Crippen LogP contribution in [0.3, 0.4) is 0 Å². The van der Waals surface area contributed by atoms with Crippen LogP contribution < -0.4 is 4.74 Å². The molecule has 0 fully saturated rings. The molecule has 0 amide bonds. The zero-order valence-electron chi connectivity index (χ0n) is 9.83. The summed E-state index contributed by atoms with van der Waals surface area (Å²) in [6.07, 6.45) is 0. The minimum absolute atomic E-state index is 0.189. The number of ether oxygens (including phenoxy) is 2. The number of hydrogen-bond acceptors (Lipinski definition) is 3. The van der Waals surface area contributed by atoms with Crippen LogP contribution in [0.15, 0.2) is 18.2 Å². The van der Waals surface area contributed by atoms with Gasteiger partial charge in [0, 0.05) is 7.11 Å². The van der Waals surface area contributed by atoms with Crippen LogP contribution in [0.1, 0.15) is 24.2 Å². The van der Waals surface area contributed by atoms with Gasteiger partial charge in [-0.3, -0.25) is 4.79 Å². The molecule has 0 spiro atoms. The molecule has 0 heterocycles. The van der Waals surface area contributed by atoms with Crippen molar-refractivity contribution in [3.8, 4) is 5.75 Å². The van der Waals surface area contributed by atoms with Gasteiger partial charge in [0.05, 0.1) is 12.7 Å². The van der Waals surface area contributed by atoms with Gasteiger partial charge in [-0.05, 0) is 32.0 Å². The average molecular weight is 226 g/mol. The van der Waals surface area contributed by atoms with Gasteiger partial charge in [-0.15, -0.1) is 0 Å². The van der Waals surface area contributed by atoms with E-state index < -0.39 is 11.4 Å². The van der Waals surface area contributed by atoms with Crippen molar-refractivity contribution < 1.29 is 18.7 Å². The quantitative estimate of drug-likeness (QED) is 0.740. The topological polar surface area (TPSA) is 35.5 Å². The maximum atomic E-state index is 13.1. The van der Waals surface area contributed by atoms with Crippen LogP contribution in [0.4, 0.5) is 4.39 Å². The van der Waals surface area contributed by atoms with Gasteiger partial charge >= 0.3 is 0 Å². The van der Waals surface area contributed by atoms with E-state index in [1.807, 2.05) is 0 Å². The summed E-state index contributed by atoms with van der Waals surface area (Å²) in [5.41, 5.74) is -0.810. The maximum absolute atomic E-state index is 13.1. The summed E-state index contributed by atoms with van der Waals surface area (Å²) in [5.74, 6) is -0.445. The van der Waals surface area contributed by atoms with Crippen molar-refractivity contribution in [2.45, 2.75) is 19.4 Å². The zero-order valence-corrected chi connectivity index (χ0v) is 9.83. The minimum atomic E-state index is -0.999. The van der Waals surface area contributed by atoms with Gasteiger partial charge in [-0.1, -0.05) is 0 Å². The summed E-state index contributed by atoms with van der Waals surface area (Å²) in [7, 11) is 2.87. The molecule has 88 valence electrons. The van der Waals surface area contributed by atoms with Gasteiger partial charge in [0.15, 0.2) is 5.78 Å². The molecule has 1 aromatic carbocycles. The molecule has 0 aliphatic carbocycles. The third-order valence-corrected chi connectivity index (χ3v) is 2.46. The first-order valence-electron chi connectivity index (χ1n) is 4.86. The van der Waals surface area contributed by atoms with Gasteiger partial charge in [0.25, 0.3) is 0 Å². The lowest BCUT2D eigenvalue weighted by Gasteiger charge is -2.22. The summed E-state index contributed by atoms with van der Waals surface area (Å²) in [4.78, 5) is 12.1. The first-order valence-corrected chi connectivity index (χ1v) is 4.86. The Balaban J connectivity index is 3.21. The van der Waals surface area contributed by atoms with Crippen LogP contribution in [-0.2, 0) is 4.74 Å². The Bertz CT molecular complexity index is 399. The lowest BCUT2D eigenvalue weighted by molar-refractivity contribution is 0.0225. The van der Waals surface area contributed by atoms with Crippen molar-refractivity contribution >= 4 is 5.78 Å². The summed E-state index contributed by atoms with van der Waals surface area (Å²) in [6, 6.07) is 3.83. The van der Waals surface area contributed by atoms with Crippen molar-refractivity contribution in [3.63, 3.8) is 0 Å². The first kappa shape index (κ1) is 12.6. The molecule has 0 aliphatic rings. The van der Waals surface area contributed by atoms with Crippen LogP contribution in [0, 0.1) is 5.82 Å². The third-order valence-electron chi connectivity index (χ3n) is 2.46. The van der Waals surface area contributed by atoms with Crippen LogP contribution >= 0.6 is 0 Å². The molecule has 0 unspecified atom stereocenters. The van der Waals surface area contributed by atoms with Gasteiger partial charge < -0.3 is 9.47 Å². The molecular weight excluding hydrogens is 211 g/mol. The van der Waals surface area contributed by atoms with Crippen molar-refractivity contribution in [1.82, 2.24) is 0 Å². The molecule has 1 rings (SSSR count). The van der Waals surface area contributed by atoms with E-state index in [2.05, 4.69) is 0 Å². The SMILES string of the molecule is COc1ccc(F)cc1C(=O)C(C)(C)OC. The lowest BCUT2D eigenvalue weighted by Crippen LogP contribution is -2.34. The highest BCUT2D eigenvalue weighted by atomic mass is 19.1. The molecule has 1 aromatic rings. The van der Waals surface area contributed by atoms with E-state index in [0.717, 1.165) is 6.07 Å². The molecule has 0 atom stereocenters. The largest absolute Gasteiger partial charge is 0.496 e.